The van der Waals surface area contributed by atoms with Crippen LogP contribution in [0.3, 0.4) is 0 Å². The molecule has 0 atom stereocenters. The topological polar surface area (TPSA) is 46.9 Å². The lowest BCUT2D eigenvalue weighted by Crippen LogP contribution is -2.25. The van der Waals surface area contributed by atoms with Crippen LogP contribution in [-0.2, 0) is 19.2 Å². The molecule has 0 aromatic carbocycles. The van der Waals surface area contributed by atoms with Gasteiger partial charge in [0.1, 0.15) is 4.83 Å². The Labute approximate surface area is 132 Å². The molecule has 1 N–H and O–H groups in total. The Hall–Kier alpha value is -0.720. The lowest BCUT2D eigenvalue weighted by atomic mass is 10.00. The molecule has 0 spiro atoms. The van der Waals surface area contributed by atoms with E-state index in [9.17, 15) is 4.79 Å². The zero-order valence-corrected chi connectivity index (χ0v) is 14.4. The van der Waals surface area contributed by atoms with Crippen molar-refractivity contribution in [3.8, 4) is 0 Å². The molecule has 0 radical (unpaired) electrons. The van der Waals surface area contributed by atoms with Gasteiger partial charge >= 0.3 is 0 Å². The third-order valence-corrected chi connectivity index (χ3v) is 6.20. The molecule has 20 heavy (non-hydrogen) atoms. The molecule has 0 aliphatic carbocycles. The van der Waals surface area contributed by atoms with Gasteiger partial charge in [0.05, 0.1) is 5.39 Å². The van der Waals surface area contributed by atoms with Crippen LogP contribution in [0.4, 0.5) is 5.95 Å². The summed E-state index contributed by atoms with van der Waals surface area (Å²) in [4.78, 5) is 19.3. The van der Waals surface area contributed by atoms with Crippen molar-refractivity contribution in [1.29, 1.82) is 0 Å². The maximum atomic E-state index is 12.5. The molecule has 0 fully saturated rings. The summed E-state index contributed by atoms with van der Waals surface area (Å²) in [6.07, 6.45) is 0.947. The Kier molecular flexibility index (Phi) is 4.10. The lowest BCUT2D eigenvalue weighted by molar-refractivity contribution is 0.699. The third kappa shape index (κ3) is 2.34. The predicted molar refractivity (Wildman–Crippen MR) is 90.7 cm³/mol. The van der Waals surface area contributed by atoms with Crippen molar-refractivity contribution in [2.75, 3.05) is 12.4 Å². The molecule has 7 heteroatoms. The molecule has 110 valence electrons. The molecule has 3 rings (SSSR count). The van der Waals surface area contributed by atoms with Crippen LogP contribution in [0.25, 0.3) is 10.2 Å². The van der Waals surface area contributed by atoms with Crippen LogP contribution in [0.5, 0.6) is 0 Å². The number of nitrogens with one attached hydrogen (secondary N) is 1. The fraction of sp³-hybridized carbons (Fsp3) is 0.538. The molecule has 0 amide bonds. The minimum absolute atomic E-state index is 0. The number of hydrogen-bond acceptors (Lipinski definition) is 5. The number of aromatic nitrogens is 2. The van der Waals surface area contributed by atoms with Crippen molar-refractivity contribution >= 4 is 51.7 Å². The van der Waals surface area contributed by atoms with Crippen molar-refractivity contribution in [3.63, 3.8) is 0 Å². The number of rotatable bonds is 1. The molecule has 1 aliphatic heterocycles. The summed E-state index contributed by atoms with van der Waals surface area (Å²) in [5.41, 5.74) is 1.29. The largest absolute Gasteiger partial charge is 0.359 e. The van der Waals surface area contributed by atoms with Crippen LogP contribution >= 0.6 is 35.5 Å². The van der Waals surface area contributed by atoms with Gasteiger partial charge in [-0.2, -0.15) is 0 Å². The molecule has 0 bridgehead atoms. The number of anilines is 1. The zero-order chi connectivity index (χ0) is 13.8. The average Bonchev–Trinajstić information content (AvgIpc) is 2.70. The van der Waals surface area contributed by atoms with Crippen molar-refractivity contribution in [2.45, 2.75) is 30.8 Å². The minimum atomic E-state index is 0. The van der Waals surface area contributed by atoms with Crippen molar-refractivity contribution in [2.24, 2.45) is 7.05 Å². The van der Waals surface area contributed by atoms with Gasteiger partial charge in [-0.15, -0.1) is 35.5 Å². The smallest absolute Gasteiger partial charge is 0.263 e. The van der Waals surface area contributed by atoms with E-state index >= 15 is 0 Å². The van der Waals surface area contributed by atoms with E-state index in [1.165, 1.54) is 10.4 Å². The highest BCUT2D eigenvalue weighted by atomic mass is 35.5. The highest BCUT2D eigenvalue weighted by molar-refractivity contribution is 8.00. The Morgan fingerprint density at radius 3 is 2.75 bits per heavy atom. The van der Waals surface area contributed by atoms with E-state index in [4.69, 9.17) is 0 Å². The van der Waals surface area contributed by atoms with Gasteiger partial charge in [0, 0.05) is 29.5 Å². The van der Waals surface area contributed by atoms with Crippen LogP contribution in [0.1, 0.15) is 24.3 Å². The number of halogens is 1. The van der Waals surface area contributed by atoms with Crippen LogP contribution in [0.2, 0.25) is 0 Å². The summed E-state index contributed by atoms with van der Waals surface area (Å²) in [6.45, 7) is 4.48. The minimum Gasteiger partial charge on any atom is -0.359 e. The summed E-state index contributed by atoms with van der Waals surface area (Å²) in [5, 5.41) is 3.81. The zero-order valence-electron chi connectivity index (χ0n) is 11.9. The standard InChI is InChI=1S/C13H17N3OS2.ClH/c1-13(2)5-7-8(6-18-13)19-10-9(7)11(17)16(4)12(14-3)15-10;/h5-6H2,1-4H3,(H,14,15);1H. The maximum absolute atomic E-state index is 12.5. The number of hydrogen-bond donors (Lipinski definition) is 1. The Balaban J connectivity index is 0.00000147. The first-order chi connectivity index (χ1) is 8.93. The van der Waals surface area contributed by atoms with Crippen molar-refractivity contribution in [1.82, 2.24) is 9.55 Å². The first-order valence-electron chi connectivity index (χ1n) is 6.26. The highest BCUT2D eigenvalue weighted by Crippen LogP contribution is 2.43. The van der Waals surface area contributed by atoms with Crippen LogP contribution in [0.15, 0.2) is 4.79 Å². The number of thiophene rings is 1. The second-order valence-electron chi connectivity index (χ2n) is 5.46. The molecule has 2 aromatic heterocycles. The van der Waals surface area contributed by atoms with Crippen molar-refractivity contribution in [3.05, 3.63) is 20.8 Å². The van der Waals surface area contributed by atoms with E-state index in [-0.39, 0.29) is 22.7 Å². The molecule has 0 saturated heterocycles. The summed E-state index contributed by atoms with van der Waals surface area (Å²) >= 11 is 3.62. The van der Waals surface area contributed by atoms with Gasteiger partial charge in [0.25, 0.3) is 5.56 Å². The Morgan fingerprint density at radius 1 is 1.40 bits per heavy atom. The SMILES string of the molecule is CNc1nc2sc3c(c2c(=O)n1C)CC(C)(C)SC3.Cl. The van der Waals surface area contributed by atoms with Crippen LogP contribution in [0, 0.1) is 0 Å². The lowest BCUT2D eigenvalue weighted by Gasteiger charge is -2.28. The molecule has 1 aliphatic rings. The highest BCUT2D eigenvalue weighted by Gasteiger charge is 2.30. The summed E-state index contributed by atoms with van der Waals surface area (Å²) in [7, 11) is 3.56. The van der Waals surface area contributed by atoms with Gasteiger partial charge in [-0.1, -0.05) is 13.8 Å². The van der Waals surface area contributed by atoms with E-state index in [0.29, 0.717) is 5.95 Å². The molecule has 0 unspecified atom stereocenters. The Bertz CT molecular complexity index is 720. The summed E-state index contributed by atoms with van der Waals surface area (Å²) in [5.74, 6) is 1.62. The first kappa shape index (κ1) is 15.7. The maximum Gasteiger partial charge on any atom is 0.263 e. The summed E-state index contributed by atoms with van der Waals surface area (Å²) in [6, 6.07) is 0. The van der Waals surface area contributed by atoms with Crippen molar-refractivity contribution < 1.29 is 0 Å². The van der Waals surface area contributed by atoms with Gasteiger partial charge in [-0.3, -0.25) is 9.36 Å². The fourth-order valence-electron chi connectivity index (χ4n) is 2.50. The monoisotopic (exact) mass is 331 g/mol. The van der Waals surface area contributed by atoms with Gasteiger partial charge in [-0.05, 0) is 12.0 Å². The van der Waals surface area contributed by atoms with Gasteiger partial charge < -0.3 is 5.32 Å². The van der Waals surface area contributed by atoms with Crippen LogP contribution in [-0.4, -0.2) is 21.3 Å². The molecule has 4 nitrogen and oxygen atoms in total. The normalized spacial score (nSPS) is 16.6. The Morgan fingerprint density at radius 2 is 2.10 bits per heavy atom. The van der Waals surface area contributed by atoms with Gasteiger partial charge in [0.15, 0.2) is 0 Å². The second-order valence-corrected chi connectivity index (χ2v) is 8.22. The van der Waals surface area contributed by atoms with E-state index in [2.05, 4.69) is 24.1 Å². The fourth-order valence-corrected chi connectivity index (χ4v) is 4.83. The quantitative estimate of drug-likeness (QED) is 0.872. The first-order valence-corrected chi connectivity index (χ1v) is 8.06. The third-order valence-electron chi connectivity index (χ3n) is 3.54. The number of nitrogens with zero attached hydrogens (tertiary/aromatic N) is 2. The van der Waals surface area contributed by atoms with E-state index in [1.54, 1.807) is 30.0 Å². The predicted octanol–water partition coefficient (Wildman–Crippen LogP) is 3.03. The van der Waals surface area contributed by atoms with E-state index in [0.717, 1.165) is 22.4 Å². The molecular formula is C13H18ClN3OS2. The van der Waals surface area contributed by atoms with E-state index < -0.39 is 0 Å². The average molecular weight is 332 g/mol. The molecular weight excluding hydrogens is 314 g/mol. The second kappa shape index (κ2) is 5.24. The molecule has 0 saturated carbocycles. The van der Waals surface area contributed by atoms with E-state index in [1.807, 2.05) is 11.8 Å². The number of fused-ring (bicyclic) bond motifs is 3. The number of thioether (sulfide) groups is 1. The van der Waals surface area contributed by atoms with Crippen LogP contribution < -0.4 is 10.9 Å². The van der Waals surface area contributed by atoms with Gasteiger partial charge in [0.2, 0.25) is 5.95 Å². The van der Waals surface area contributed by atoms with Gasteiger partial charge in [-0.25, -0.2) is 4.98 Å². The molecule has 3 heterocycles. The summed E-state index contributed by atoms with van der Waals surface area (Å²) < 4.78 is 1.80. The molecule has 2 aromatic rings.